The average Bonchev–Trinajstić information content (AvgIpc) is 3.14. The Kier molecular flexibility index (Phi) is 4.15. The highest BCUT2D eigenvalue weighted by Crippen LogP contribution is 2.33. The third kappa shape index (κ3) is 3.25. The van der Waals surface area contributed by atoms with Crippen LogP contribution in [0.5, 0.6) is 0 Å². The minimum absolute atomic E-state index is 0.104. The largest absolute Gasteiger partial charge is 0.329 e. The van der Waals surface area contributed by atoms with E-state index < -0.39 is 15.8 Å². The van der Waals surface area contributed by atoms with Crippen molar-refractivity contribution >= 4 is 21.6 Å². The van der Waals surface area contributed by atoms with E-state index in [1.54, 1.807) is 0 Å². The summed E-state index contributed by atoms with van der Waals surface area (Å²) in [5.41, 5.74) is 5.81. The predicted octanol–water partition coefficient (Wildman–Crippen LogP) is 1.80. The van der Waals surface area contributed by atoms with Gasteiger partial charge in [0.05, 0.1) is 5.02 Å². The molecule has 0 aliphatic heterocycles. The van der Waals surface area contributed by atoms with E-state index in [4.69, 9.17) is 17.3 Å². The van der Waals surface area contributed by atoms with Crippen molar-refractivity contribution in [2.45, 2.75) is 30.7 Å². The summed E-state index contributed by atoms with van der Waals surface area (Å²) in [6.07, 6.45) is 1.95. The van der Waals surface area contributed by atoms with Gasteiger partial charge in [0.25, 0.3) is 0 Å². The molecular formula is C12H16ClFN2O2S. The van der Waals surface area contributed by atoms with E-state index in [2.05, 4.69) is 4.72 Å². The minimum atomic E-state index is -3.78. The maximum Gasteiger partial charge on any atom is 0.242 e. The van der Waals surface area contributed by atoms with Crippen molar-refractivity contribution in [1.82, 2.24) is 4.72 Å². The quantitative estimate of drug-likeness (QED) is 0.871. The van der Waals surface area contributed by atoms with Crippen LogP contribution in [0.25, 0.3) is 0 Å². The van der Waals surface area contributed by atoms with Crippen molar-refractivity contribution in [1.29, 1.82) is 0 Å². The molecule has 1 aromatic rings. The highest BCUT2D eigenvalue weighted by Gasteiger charge is 2.34. The lowest BCUT2D eigenvalue weighted by atomic mass is 10.2. The van der Waals surface area contributed by atoms with Gasteiger partial charge in [-0.15, -0.1) is 0 Å². The van der Waals surface area contributed by atoms with Gasteiger partial charge in [-0.3, -0.25) is 0 Å². The van der Waals surface area contributed by atoms with E-state index in [9.17, 15) is 12.8 Å². The van der Waals surface area contributed by atoms with Gasteiger partial charge < -0.3 is 5.73 Å². The molecule has 1 aromatic carbocycles. The Morgan fingerprint density at radius 3 is 2.68 bits per heavy atom. The normalized spacial score (nSPS) is 17.5. The Hall–Kier alpha value is -0.690. The van der Waals surface area contributed by atoms with Crippen LogP contribution in [0.3, 0.4) is 0 Å². The van der Waals surface area contributed by atoms with Gasteiger partial charge in [-0.25, -0.2) is 17.5 Å². The Balaban J connectivity index is 2.31. The molecule has 7 heteroatoms. The number of aryl methyl sites for hydroxylation is 1. The van der Waals surface area contributed by atoms with Crippen LogP contribution >= 0.6 is 11.6 Å². The van der Waals surface area contributed by atoms with Gasteiger partial charge in [0, 0.05) is 12.6 Å². The van der Waals surface area contributed by atoms with Crippen LogP contribution in [0, 0.1) is 18.7 Å². The molecule has 1 aliphatic carbocycles. The molecule has 0 spiro atoms. The lowest BCUT2D eigenvalue weighted by Gasteiger charge is -2.17. The summed E-state index contributed by atoms with van der Waals surface area (Å²) in [6.45, 7) is 1.73. The van der Waals surface area contributed by atoms with Crippen molar-refractivity contribution in [2.75, 3.05) is 6.54 Å². The first-order valence-electron chi connectivity index (χ1n) is 6.03. The van der Waals surface area contributed by atoms with Crippen molar-refractivity contribution in [3.05, 3.63) is 28.5 Å². The van der Waals surface area contributed by atoms with E-state index >= 15 is 0 Å². The third-order valence-corrected chi connectivity index (χ3v) is 5.21. The van der Waals surface area contributed by atoms with Gasteiger partial charge in [0.2, 0.25) is 10.0 Å². The van der Waals surface area contributed by atoms with E-state index in [1.165, 1.54) is 13.0 Å². The van der Waals surface area contributed by atoms with E-state index in [1.807, 2.05) is 0 Å². The highest BCUT2D eigenvalue weighted by atomic mass is 35.5. The second-order valence-corrected chi connectivity index (χ2v) is 6.92. The topological polar surface area (TPSA) is 72.2 Å². The number of nitrogens with one attached hydrogen (secondary N) is 1. The van der Waals surface area contributed by atoms with Gasteiger partial charge in [-0.05, 0) is 43.4 Å². The fourth-order valence-electron chi connectivity index (χ4n) is 1.93. The molecule has 3 N–H and O–H groups in total. The molecule has 0 saturated heterocycles. The zero-order valence-electron chi connectivity index (χ0n) is 10.5. The van der Waals surface area contributed by atoms with Crippen molar-refractivity contribution in [3.63, 3.8) is 0 Å². The van der Waals surface area contributed by atoms with E-state index in [0.29, 0.717) is 5.92 Å². The second-order valence-electron chi connectivity index (χ2n) is 4.83. The predicted molar refractivity (Wildman–Crippen MR) is 72.0 cm³/mol. The van der Waals surface area contributed by atoms with Crippen LogP contribution in [0.15, 0.2) is 17.0 Å². The fourth-order valence-corrected chi connectivity index (χ4v) is 3.85. The summed E-state index contributed by atoms with van der Waals surface area (Å²) >= 11 is 5.82. The maximum atomic E-state index is 13.3. The van der Waals surface area contributed by atoms with Crippen LogP contribution in [-0.4, -0.2) is 21.0 Å². The van der Waals surface area contributed by atoms with Crippen LogP contribution in [0.1, 0.15) is 18.4 Å². The van der Waals surface area contributed by atoms with Gasteiger partial charge in [-0.2, -0.15) is 0 Å². The summed E-state index contributed by atoms with van der Waals surface area (Å²) in [5, 5.41) is -0.123. The fraction of sp³-hybridized carbons (Fsp3) is 0.500. The number of nitrogens with two attached hydrogens (primary N) is 1. The van der Waals surface area contributed by atoms with Crippen molar-refractivity contribution < 1.29 is 12.8 Å². The number of hydrogen-bond acceptors (Lipinski definition) is 3. The Labute approximate surface area is 117 Å². The molecule has 0 heterocycles. The molecule has 4 nitrogen and oxygen atoms in total. The summed E-state index contributed by atoms with van der Waals surface area (Å²) in [5.74, 6) is -0.235. The Morgan fingerprint density at radius 2 is 2.16 bits per heavy atom. The van der Waals surface area contributed by atoms with Crippen LogP contribution in [0.2, 0.25) is 5.02 Å². The van der Waals surface area contributed by atoms with Gasteiger partial charge in [0.1, 0.15) is 10.7 Å². The number of rotatable bonds is 5. The van der Waals surface area contributed by atoms with Crippen LogP contribution < -0.4 is 10.5 Å². The lowest BCUT2D eigenvalue weighted by Crippen LogP contribution is -2.41. The number of halogens is 2. The first-order valence-corrected chi connectivity index (χ1v) is 7.89. The molecule has 1 unspecified atom stereocenters. The molecule has 0 amide bonds. The van der Waals surface area contributed by atoms with Crippen LogP contribution in [0.4, 0.5) is 4.39 Å². The first-order chi connectivity index (χ1) is 8.85. The first kappa shape index (κ1) is 14.7. The monoisotopic (exact) mass is 306 g/mol. The molecule has 19 heavy (non-hydrogen) atoms. The maximum absolute atomic E-state index is 13.3. The smallest absolute Gasteiger partial charge is 0.242 e. The molecule has 106 valence electrons. The summed E-state index contributed by atoms with van der Waals surface area (Å²) in [6, 6.07) is 1.96. The molecule has 1 aliphatic rings. The lowest BCUT2D eigenvalue weighted by molar-refractivity contribution is 0.519. The second kappa shape index (κ2) is 5.36. The minimum Gasteiger partial charge on any atom is -0.329 e. The zero-order valence-corrected chi connectivity index (χ0v) is 12.1. The van der Waals surface area contributed by atoms with Gasteiger partial charge >= 0.3 is 0 Å². The van der Waals surface area contributed by atoms with E-state index in [0.717, 1.165) is 18.9 Å². The molecule has 1 atom stereocenters. The van der Waals surface area contributed by atoms with E-state index in [-0.39, 0.29) is 28.1 Å². The SMILES string of the molecule is Cc1cc(S(=O)(=O)NC(CN)C2CC2)c(Cl)cc1F. The number of sulfonamides is 1. The van der Waals surface area contributed by atoms with Crippen LogP contribution in [-0.2, 0) is 10.0 Å². The molecule has 0 aromatic heterocycles. The zero-order chi connectivity index (χ0) is 14.2. The molecule has 2 rings (SSSR count). The summed E-state index contributed by atoms with van der Waals surface area (Å²) < 4.78 is 40.3. The van der Waals surface area contributed by atoms with Crippen molar-refractivity contribution in [3.8, 4) is 0 Å². The third-order valence-electron chi connectivity index (χ3n) is 3.25. The number of hydrogen-bond donors (Lipinski definition) is 2. The van der Waals surface area contributed by atoms with Gasteiger partial charge in [-0.1, -0.05) is 11.6 Å². The molecule has 1 saturated carbocycles. The standard InChI is InChI=1S/C12H16ClFN2O2S/c1-7-4-12(9(13)5-10(7)14)19(17,18)16-11(6-15)8-2-3-8/h4-5,8,11,16H,2-3,6,15H2,1H3. The molecular weight excluding hydrogens is 291 g/mol. The Bertz CT molecular complexity index is 588. The van der Waals surface area contributed by atoms with Crippen molar-refractivity contribution in [2.24, 2.45) is 11.7 Å². The summed E-state index contributed by atoms with van der Waals surface area (Å²) in [4.78, 5) is -0.104. The average molecular weight is 307 g/mol. The molecule has 0 radical (unpaired) electrons. The number of benzene rings is 1. The summed E-state index contributed by atoms with van der Waals surface area (Å²) in [7, 11) is -3.78. The van der Waals surface area contributed by atoms with Gasteiger partial charge in [0.15, 0.2) is 0 Å². The highest BCUT2D eigenvalue weighted by molar-refractivity contribution is 7.89. The molecule has 1 fully saturated rings. The Morgan fingerprint density at radius 1 is 1.53 bits per heavy atom. The molecule has 0 bridgehead atoms.